The third kappa shape index (κ3) is 5.15. The predicted octanol–water partition coefficient (Wildman–Crippen LogP) is 1.18. The Morgan fingerprint density at radius 3 is 2.32 bits per heavy atom. The zero-order valence-electron chi connectivity index (χ0n) is 24.6. The Labute approximate surface area is 239 Å². The lowest BCUT2D eigenvalue weighted by Crippen LogP contribution is -2.62. The van der Waals surface area contributed by atoms with Crippen LogP contribution in [0.25, 0.3) is 5.76 Å². The minimum absolute atomic E-state index is 0.00501. The third-order valence-corrected chi connectivity index (χ3v) is 8.33. The number of phenolic OH excluding ortho intramolecular Hbond substituents is 1. The van der Waals surface area contributed by atoms with E-state index in [1.54, 1.807) is 44.1 Å². The van der Waals surface area contributed by atoms with Gasteiger partial charge in [0, 0.05) is 43.2 Å². The second-order valence-corrected chi connectivity index (χ2v) is 12.8. The summed E-state index contributed by atoms with van der Waals surface area (Å²) < 4.78 is 0. The van der Waals surface area contributed by atoms with Gasteiger partial charge in [0.15, 0.2) is 5.78 Å². The zero-order valence-corrected chi connectivity index (χ0v) is 24.6. The number of carbonyl (C=O) groups excluding carboxylic acids is 3. The molecule has 8 N–H and O–H groups in total. The van der Waals surface area contributed by atoms with Gasteiger partial charge in [-0.1, -0.05) is 0 Å². The van der Waals surface area contributed by atoms with E-state index in [-0.39, 0.29) is 53.1 Å². The van der Waals surface area contributed by atoms with Gasteiger partial charge in [-0.25, -0.2) is 0 Å². The molecular weight excluding hydrogens is 530 g/mol. The lowest BCUT2D eigenvalue weighted by atomic mass is 9.57. The number of aliphatic hydroxyl groups excluding tert-OH is 2. The first kappa shape index (κ1) is 30.4. The van der Waals surface area contributed by atoms with Gasteiger partial charge in [0.1, 0.15) is 22.9 Å². The fraction of sp³-hybridized carbons (Fsp3) is 0.552. The first-order valence-corrected chi connectivity index (χ1v) is 13.6. The van der Waals surface area contributed by atoms with Crippen molar-refractivity contribution in [1.29, 1.82) is 0 Å². The van der Waals surface area contributed by atoms with E-state index in [0.29, 0.717) is 11.3 Å². The number of rotatable bonds is 6. The van der Waals surface area contributed by atoms with Gasteiger partial charge in [-0.15, -0.1) is 0 Å². The summed E-state index contributed by atoms with van der Waals surface area (Å²) in [6, 6.07) is 0.769. The van der Waals surface area contributed by atoms with Crippen LogP contribution in [0.5, 0.6) is 5.75 Å². The van der Waals surface area contributed by atoms with Crippen molar-refractivity contribution in [2.75, 3.05) is 45.0 Å². The van der Waals surface area contributed by atoms with Crippen molar-refractivity contribution >= 4 is 34.7 Å². The Balaban J connectivity index is 1.84. The molecule has 1 fully saturated rings. The fourth-order valence-electron chi connectivity index (χ4n) is 6.42. The highest BCUT2D eigenvalue weighted by atomic mass is 16.3. The second-order valence-electron chi connectivity index (χ2n) is 12.8. The molecule has 0 unspecified atom stereocenters. The highest BCUT2D eigenvalue weighted by Crippen LogP contribution is 2.54. The number of nitrogens with zero attached hydrogens (tertiary/aromatic N) is 2. The number of aliphatic hydroxyl groups is 3. The van der Waals surface area contributed by atoms with E-state index < -0.39 is 59.0 Å². The Bertz CT molecular complexity index is 1370. The number of primary amides is 1. The number of hydrogen-bond acceptors (Lipinski definition) is 10. The number of nitrogens with one attached hydrogen (secondary N) is 2. The zero-order chi connectivity index (χ0) is 30.8. The Morgan fingerprint density at radius 1 is 1.15 bits per heavy atom. The maximum atomic E-state index is 14.0. The van der Waals surface area contributed by atoms with Crippen molar-refractivity contribution in [3.05, 3.63) is 34.1 Å². The molecule has 41 heavy (non-hydrogen) atoms. The van der Waals surface area contributed by atoms with E-state index in [0.717, 1.165) is 0 Å². The molecule has 1 saturated carbocycles. The second kappa shape index (κ2) is 10.3. The molecule has 0 spiro atoms. The number of amides is 2. The summed E-state index contributed by atoms with van der Waals surface area (Å²) in [6.45, 7) is 5.72. The van der Waals surface area contributed by atoms with Crippen LogP contribution in [0.1, 0.15) is 44.7 Å². The van der Waals surface area contributed by atoms with Crippen LogP contribution < -0.4 is 21.3 Å². The van der Waals surface area contributed by atoms with Crippen LogP contribution in [-0.4, -0.2) is 94.8 Å². The Hall–Kier alpha value is -3.61. The maximum Gasteiger partial charge on any atom is 0.248 e. The number of phenols is 1. The molecule has 4 atom stereocenters. The third-order valence-electron chi connectivity index (χ3n) is 8.33. The van der Waals surface area contributed by atoms with Gasteiger partial charge in [-0.2, -0.15) is 0 Å². The molecule has 0 radical (unpaired) electrons. The molecule has 3 aliphatic rings. The molecule has 0 aliphatic heterocycles. The average Bonchev–Trinajstić information content (AvgIpc) is 2.84. The molecule has 0 aromatic heterocycles. The number of carbonyl (C=O) groups is 3. The highest BCUT2D eigenvalue weighted by molar-refractivity contribution is 6.11. The highest BCUT2D eigenvalue weighted by Gasteiger charge is 2.60. The lowest BCUT2D eigenvalue weighted by Gasteiger charge is -2.51. The summed E-state index contributed by atoms with van der Waals surface area (Å²) in [5, 5.41) is 51.4. The van der Waals surface area contributed by atoms with Crippen LogP contribution in [0, 0.1) is 11.8 Å². The van der Waals surface area contributed by atoms with E-state index in [2.05, 4.69) is 10.6 Å². The number of hydrogen-bond donors (Lipinski definition) is 7. The van der Waals surface area contributed by atoms with E-state index in [9.17, 15) is 34.8 Å². The quantitative estimate of drug-likeness (QED) is 0.244. The smallest absolute Gasteiger partial charge is 0.248 e. The molecule has 12 nitrogen and oxygen atoms in total. The van der Waals surface area contributed by atoms with E-state index in [1.807, 2.05) is 20.8 Å². The van der Waals surface area contributed by atoms with Gasteiger partial charge in [0.2, 0.25) is 11.8 Å². The number of Topliss-reactive ketones (excluding diaryl/α,β-unsaturated/α-hetero) is 1. The van der Waals surface area contributed by atoms with Crippen molar-refractivity contribution < 1.29 is 34.8 Å². The molecule has 0 heterocycles. The first-order valence-electron chi connectivity index (χ1n) is 13.6. The molecule has 12 heteroatoms. The lowest BCUT2D eigenvalue weighted by molar-refractivity contribution is -0.151. The molecule has 224 valence electrons. The van der Waals surface area contributed by atoms with Crippen molar-refractivity contribution in [2.24, 2.45) is 17.6 Å². The maximum absolute atomic E-state index is 14.0. The summed E-state index contributed by atoms with van der Waals surface area (Å²) in [4.78, 5) is 42.3. The molecular formula is C29H41N5O7. The summed E-state index contributed by atoms with van der Waals surface area (Å²) in [7, 11) is 6.92. The van der Waals surface area contributed by atoms with Gasteiger partial charge < -0.3 is 41.7 Å². The van der Waals surface area contributed by atoms with Gasteiger partial charge in [-0.3, -0.25) is 19.3 Å². The number of anilines is 2. The summed E-state index contributed by atoms with van der Waals surface area (Å²) in [5.41, 5.74) is 4.05. The molecule has 3 aliphatic carbocycles. The van der Waals surface area contributed by atoms with Gasteiger partial charge in [0.05, 0.1) is 29.4 Å². The van der Waals surface area contributed by atoms with Crippen LogP contribution in [0.3, 0.4) is 0 Å². The van der Waals surface area contributed by atoms with Crippen LogP contribution in [-0.2, 0) is 20.8 Å². The Morgan fingerprint density at radius 2 is 1.78 bits per heavy atom. The first-order chi connectivity index (χ1) is 18.9. The molecule has 2 amide bonds. The van der Waals surface area contributed by atoms with Crippen LogP contribution in [0.4, 0.5) is 11.4 Å². The number of ketones is 1. The van der Waals surface area contributed by atoms with E-state index in [1.165, 1.54) is 0 Å². The van der Waals surface area contributed by atoms with Gasteiger partial charge >= 0.3 is 0 Å². The minimum atomic E-state index is -2.12. The largest absolute Gasteiger partial charge is 0.510 e. The van der Waals surface area contributed by atoms with Gasteiger partial charge in [0.25, 0.3) is 0 Å². The minimum Gasteiger partial charge on any atom is -0.510 e. The standard InChI is InChI=1S/C29H41N5O7/c1-28(2,3)31-12-19(35)32-17-10-18(33(4)5)14-8-13-9-16-22(34(6)7)23(36)15(27(30)40)11-29(16,41)26(39)20(13)25(38)21(14)24(17)37/h10,13,16,22,31,36-38,41H,8-9,11-12H2,1-7H3,(H2,30,40)(H,32,35)/t13-,16-,22-,29-/m0/s1. The SMILES string of the molecule is CN(C)c1cc(NC(=O)CNC(C)(C)C)c(O)c2c1C[C@H]1C[C@H]3[C@H](N(C)C)C(O)=C(C(N)=O)C[C@@]3(O)C(=O)C1=C2O. The summed E-state index contributed by atoms with van der Waals surface area (Å²) in [5.74, 6) is -4.63. The van der Waals surface area contributed by atoms with Crippen molar-refractivity contribution in [2.45, 2.75) is 57.2 Å². The average molecular weight is 572 g/mol. The van der Waals surface area contributed by atoms with Crippen molar-refractivity contribution in [3.8, 4) is 5.75 Å². The van der Waals surface area contributed by atoms with Crippen LogP contribution in [0.2, 0.25) is 0 Å². The number of fused-ring (bicyclic) bond motifs is 3. The number of aromatic hydroxyl groups is 1. The van der Waals surface area contributed by atoms with Crippen LogP contribution in [0.15, 0.2) is 23.0 Å². The predicted molar refractivity (Wildman–Crippen MR) is 155 cm³/mol. The monoisotopic (exact) mass is 571 g/mol. The summed E-state index contributed by atoms with van der Waals surface area (Å²) in [6.07, 6.45) is -0.0317. The Kier molecular flexibility index (Phi) is 7.65. The van der Waals surface area contributed by atoms with Crippen molar-refractivity contribution in [3.63, 3.8) is 0 Å². The molecule has 4 rings (SSSR count). The van der Waals surface area contributed by atoms with Gasteiger partial charge in [-0.05, 0) is 65.3 Å². The normalized spacial score (nSPS) is 26.0. The topological polar surface area (TPSA) is 189 Å². The number of likely N-dealkylation sites (N-methyl/N-ethyl adjacent to an activating group) is 1. The molecule has 0 bridgehead atoms. The fourth-order valence-corrected chi connectivity index (χ4v) is 6.42. The molecule has 1 aromatic carbocycles. The number of nitrogens with two attached hydrogens (primary N) is 1. The van der Waals surface area contributed by atoms with Crippen LogP contribution >= 0.6 is 0 Å². The van der Waals surface area contributed by atoms with Crippen molar-refractivity contribution in [1.82, 2.24) is 10.2 Å². The summed E-state index contributed by atoms with van der Waals surface area (Å²) >= 11 is 0. The van der Waals surface area contributed by atoms with E-state index >= 15 is 0 Å². The molecule has 0 saturated heterocycles. The number of benzene rings is 1. The molecule has 1 aromatic rings. The van der Waals surface area contributed by atoms with E-state index in [4.69, 9.17) is 5.73 Å².